The van der Waals surface area contributed by atoms with Gasteiger partial charge in [-0.15, -0.1) is 0 Å². The quantitative estimate of drug-likeness (QED) is 0.875. The fourth-order valence-electron chi connectivity index (χ4n) is 1.52. The summed E-state index contributed by atoms with van der Waals surface area (Å²) in [6.45, 7) is 3.45. The molecule has 0 fully saturated rings. The van der Waals surface area contributed by atoms with Crippen molar-refractivity contribution in [3.63, 3.8) is 0 Å². The molecule has 1 aromatic heterocycles. The Balaban J connectivity index is 2.93. The van der Waals surface area contributed by atoms with Crippen molar-refractivity contribution in [2.75, 3.05) is 0 Å². The third kappa shape index (κ3) is 2.69. The van der Waals surface area contributed by atoms with Crippen LogP contribution >= 0.6 is 15.9 Å². The Morgan fingerprint density at radius 1 is 1.47 bits per heavy atom. The van der Waals surface area contributed by atoms with Crippen LogP contribution in [0.5, 0.6) is 0 Å². The second-order valence-corrected chi connectivity index (χ2v) is 4.38. The Morgan fingerprint density at radius 2 is 2.06 bits per heavy atom. The molecule has 1 rings (SSSR count). The lowest BCUT2D eigenvalue weighted by Gasteiger charge is -2.27. The van der Waals surface area contributed by atoms with Gasteiger partial charge in [0.25, 0.3) is 5.91 Å². The van der Waals surface area contributed by atoms with Crippen molar-refractivity contribution in [2.45, 2.75) is 32.2 Å². The first-order valence-corrected chi connectivity index (χ1v) is 6.05. The lowest BCUT2D eigenvalue weighted by atomic mass is 9.92. The van der Waals surface area contributed by atoms with E-state index in [1.807, 2.05) is 0 Å². The number of nitrogens with one attached hydrogen (secondary N) is 1. The summed E-state index contributed by atoms with van der Waals surface area (Å²) in [5.41, 5.74) is -0.939. The summed E-state index contributed by atoms with van der Waals surface area (Å²) in [6, 6.07) is 1.48. The largest absolute Gasteiger partial charge is 0.480 e. The van der Waals surface area contributed by atoms with Crippen LogP contribution in [0.25, 0.3) is 0 Å². The van der Waals surface area contributed by atoms with Gasteiger partial charge in [-0.1, -0.05) is 13.8 Å². The summed E-state index contributed by atoms with van der Waals surface area (Å²) >= 11 is 3.08. The molecule has 0 atom stereocenters. The molecule has 17 heavy (non-hydrogen) atoms. The van der Waals surface area contributed by atoms with Gasteiger partial charge in [0.1, 0.15) is 5.54 Å². The summed E-state index contributed by atoms with van der Waals surface area (Å²) in [5, 5.41) is 11.7. The zero-order valence-electron chi connectivity index (χ0n) is 9.62. The normalized spacial score (nSPS) is 11.2. The predicted octanol–water partition coefficient (Wildman–Crippen LogP) is 2.42. The van der Waals surface area contributed by atoms with Gasteiger partial charge < -0.3 is 14.8 Å². The minimum atomic E-state index is -1.23. The molecule has 0 spiro atoms. The zero-order valence-corrected chi connectivity index (χ0v) is 11.2. The molecule has 2 N–H and O–H groups in total. The monoisotopic (exact) mass is 303 g/mol. The highest BCUT2D eigenvalue weighted by molar-refractivity contribution is 9.10. The molecular weight excluding hydrogens is 290 g/mol. The molecule has 6 heteroatoms. The van der Waals surface area contributed by atoms with E-state index in [2.05, 4.69) is 21.2 Å². The molecule has 5 nitrogen and oxygen atoms in total. The predicted molar refractivity (Wildman–Crippen MR) is 64.8 cm³/mol. The van der Waals surface area contributed by atoms with E-state index in [1.54, 1.807) is 13.8 Å². The van der Waals surface area contributed by atoms with Crippen LogP contribution in [0.1, 0.15) is 37.0 Å². The number of carboxylic acid groups (broad SMARTS) is 1. The van der Waals surface area contributed by atoms with Crippen LogP contribution < -0.4 is 5.32 Å². The summed E-state index contributed by atoms with van der Waals surface area (Å²) in [5.74, 6) is -1.49. The maximum absolute atomic E-state index is 11.9. The molecule has 1 aromatic rings. The van der Waals surface area contributed by atoms with Crippen molar-refractivity contribution < 1.29 is 19.1 Å². The smallest absolute Gasteiger partial charge is 0.329 e. The van der Waals surface area contributed by atoms with Gasteiger partial charge in [0.15, 0.2) is 4.67 Å². The van der Waals surface area contributed by atoms with Gasteiger partial charge in [-0.05, 0) is 34.8 Å². The molecule has 0 saturated carbocycles. The van der Waals surface area contributed by atoms with Gasteiger partial charge in [-0.3, -0.25) is 4.79 Å². The second-order valence-electron chi connectivity index (χ2n) is 3.66. The second kappa shape index (κ2) is 5.35. The lowest BCUT2D eigenvalue weighted by Crippen LogP contribution is -2.53. The summed E-state index contributed by atoms with van der Waals surface area (Å²) in [4.78, 5) is 23.1. The van der Waals surface area contributed by atoms with E-state index in [0.29, 0.717) is 17.5 Å². The first kappa shape index (κ1) is 13.8. The minimum absolute atomic E-state index is 0.289. The summed E-state index contributed by atoms with van der Waals surface area (Å²) < 4.78 is 5.23. The molecule has 0 aliphatic carbocycles. The van der Waals surface area contributed by atoms with Gasteiger partial charge in [-0.2, -0.15) is 0 Å². The number of carbonyl (C=O) groups excluding carboxylic acids is 1. The molecule has 0 bridgehead atoms. The van der Waals surface area contributed by atoms with E-state index in [4.69, 9.17) is 4.42 Å². The number of aliphatic carboxylic acids is 1. The van der Waals surface area contributed by atoms with Gasteiger partial charge in [0.05, 0.1) is 11.8 Å². The van der Waals surface area contributed by atoms with E-state index in [1.165, 1.54) is 12.3 Å². The van der Waals surface area contributed by atoms with Crippen molar-refractivity contribution in [3.8, 4) is 0 Å². The van der Waals surface area contributed by atoms with Crippen LogP contribution in [0.4, 0.5) is 0 Å². The highest BCUT2D eigenvalue weighted by Gasteiger charge is 2.37. The fourth-order valence-corrected chi connectivity index (χ4v) is 1.94. The standard InChI is InChI=1S/C11H14BrNO4/c1-3-11(4-2,10(15)16)13-9(14)7-5-6-17-8(7)12/h5-6H,3-4H2,1-2H3,(H,13,14)(H,15,16). The summed E-state index contributed by atoms with van der Waals surface area (Å²) in [7, 11) is 0. The molecule has 94 valence electrons. The van der Waals surface area contributed by atoms with Crippen molar-refractivity contribution in [1.29, 1.82) is 0 Å². The SMILES string of the molecule is CCC(CC)(NC(=O)c1ccoc1Br)C(=O)O. The van der Waals surface area contributed by atoms with Crippen molar-refractivity contribution in [1.82, 2.24) is 5.32 Å². The third-order valence-corrected chi connectivity index (χ3v) is 3.45. The van der Waals surface area contributed by atoms with Gasteiger partial charge >= 0.3 is 5.97 Å². The molecule has 0 saturated heterocycles. The molecule has 1 heterocycles. The van der Waals surface area contributed by atoms with Crippen LogP contribution in [-0.2, 0) is 4.79 Å². The Kier molecular flexibility index (Phi) is 4.34. The Labute approximate surface area is 107 Å². The Bertz CT molecular complexity index is 423. The Hall–Kier alpha value is -1.30. The molecule has 0 aromatic carbocycles. The first-order chi connectivity index (χ1) is 7.96. The van der Waals surface area contributed by atoms with E-state index in [9.17, 15) is 14.7 Å². The molecule has 0 unspecified atom stereocenters. The topological polar surface area (TPSA) is 79.5 Å². The number of furan rings is 1. The van der Waals surface area contributed by atoms with Crippen LogP contribution in [-0.4, -0.2) is 22.5 Å². The Morgan fingerprint density at radius 3 is 2.41 bits per heavy atom. The zero-order chi connectivity index (χ0) is 13.1. The number of rotatable bonds is 5. The summed E-state index contributed by atoms with van der Waals surface area (Å²) in [6.07, 6.45) is 2.00. The maximum Gasteiger partial charge on any atom is 0.329 e. The van der Waals surface area contributed by atoms with E-state index >= 15 is 0 Å². The van der Waals surface area contributed by atoms with Crippen LogP contribution in [0.3, 0.4) is 0 Å². The molecular formula is C11H14BrNO4. The fraction of sp³-hybridized carbons (Fsp3) is 0.455. The number of halogens is 1. The third-order valence-electron chi connectivity index (χ3n) is 2.83. The molecule has 1 amide bonds. The molecule has 0 radical (unpaired) electrons. The van der Waals surface area contributed by atoms with Crippen LogP contribution in [0.15, 0.2) is 21.4 Å². The number of hydrogen-bond acceptors (Lipinski definition) is 3. The van der Waals surface area contributed by atoms with Crippen LogP contribution in [0.2, 0.25) is 0 Å². The van der Waals surface area contributed by atoms with Gasteiger partial charge in [-0.25, -0.2) is 4.79 Å². The molecule has 0 aliphatic rings. The number of amides is 1. The van der Waals surface area contributed by atoms with Crippen molar-refractivity contribution in [3.05, 3.63) is 22.6 Å². The average molecular weight is 304 g/mol. The average Bonchev–Trinajstić information content (AvgIpc) is 2.72. The minimum Gasteiger partial charge on any atom is -0.480 e. The van der Waals surface area contributed by atoms with Crippen molar-refractivity contribution in [2.24, 2.45) is 0 Å². The van der Waals surface area contributed by atoms with E-state index < -0.39 is 17.4 Å². The van der Waals surface area contributed by atoms with E-state index in [-0.39, 0.29) is 5.56 Å². The highest BCUT2D eigenvalue weighted by Crippen LogP contribution is 2.21. The molecule has 0 aliphatic heterocycles. The number of hydrogen-bond donors (Lipinski definition) is 2. The highest BCUT2D eigenvalue weighted by atomic mass is 79.9. The van der Waals surface area contributed by atoms with E-state index in [0.717, 1.165) is 0 Å². The van der Waals surface area contributed by atoms with Gasteiger partial charge in [0.2, 0.25) is 0 Å². The van der Waals surface area contributed by atoms with Crippen molar-refractivity contribution >= 4 is 27.8 Å². The number of carbonyl (C=O) groups is 2. The maximum atomic E-state index is 11.9. The first-order valence-electron chi connectivity index (χ1n) is 5.25. The van der Waals surface area contributed by atoms with Gasteiger partial charge in [0, 0.05) is 0 Å². The number of carboxylic acids is 1. The van der Waals surface area contributed by atoms with Crippen LogP contribution in [0, 0.1) is 0 Å². The lowest BCUT2D eigenvalue weighted by molar-refractivity contribution is -0.144.